The molecule has 1 aliphatic rings. The molecule has 106 valence electrons. The van der Waals surface area contributed by atoms with Crippen LogP contribution in [0.15, 0.2) is 28.2 Å². The van der Waals surface area contributed by atoms with Gasteiger partial charge < -0.3 is 10.6 Å². The Kier molecular flexibility index (Phi) is 3.60. The third-order valence-corrected chi connectivity index (χ3v) is 4.71. The van der Waals surface area contributed by atoms with E-state index in [2.05, 4.69) is 31.5 Å². The first-order valence-corrected chi connectivity index (χ1v) is 7.76. The average molecular weight is 364 g/mol. The molecule has 5 nitrogen and oxygen atoms in total. The molecule has 2 aromatic heterocycles. The molecule has 0 fully saturated rings. The maximum Gasteiger partial charge on any atom is 0.257 e. The lowest BCUT2D eigenvalue weighted by Crippen LogP contribution is -2.06. The van der Waals surface area contributed by atoms with Crippen LogP contribution in [-0.4, -0.2) is 16.8 Å². The fraction of sp³-hybridized carbons (Fsp3) is 0.0714. The quantitative estimate of drug-likeness (QED) is 0.803. The Balaban J connectivity index is 2.05. The molecule has 2 amide bonds. The molecular weight excluding hydrogens is 354 g/mol. The predicted molar refractivity (Wildman–Crippen MR) is 87.1 cm³/mol. The van der Waals surface area contributed by atoms with Gasteiger partial charge in [0.25, 0.3) is 5.91 Å². The van der Waals surface area contributed by atoms with Crippen molar-refractivity contribution in [3.05, 3.63) is 38.6 Å². The van der Waals surface area contributed by atoms with Crippen molar-refractivity contribution in [1.29, 1.82) is 0 Å². The molecule has 0 aromatic carbocycles. The van der Waals surface area contributed by atoms with Gasteiger partial charge in [-0.3, -0.25) is 9.59 Å². The van der Waals surface area contributed by atoms with Crippen LogP contribution in [0.5, 0.6) is 0 Å². The standard InChI is InChI=1S/C14H10BrN3O2S/c1-7(19)17-8-4-9-10(5-12-11(15)2-3-21-12)14(20)18-13(9)16-6-8/h2-6H,1H3,(H,17,19)(H,16,18,20). The number of carbonyl (C=O) groups is 2. The van der Waals surface area contributed by atoms with Crippen LogP contribution in [0.4, 0.5) is 11.5 Å². The molecule has 0 radical (unpaired) electrons. The summed E-state index contributed by atoms with van der Waals surface area (Å²) in [6.07, 6.45) is 3.33. The van der Waals surface area contributed by atoms with E-state index in [0.29, 0.717) is 22.6 Å². The highest BCUT2D eigenvalue weighted by atomic mass is 79.9. The lowest BCUT2D eigenvalue weighted by atomic mass is 10.1. The number of rotatable bonds is 2. The van der Waals surface area contributed by atoms with Crippen LogP contribution in [0, 0.1) is 0 Å². The Morgan fingerprint density at radius 2 is 2.33 bits per heavy atom. The summed E-state index contributed by atoms with van der Waals surface area (Å²) >= 11 is 4.98. The van der Waals surface area contributed by atoms with E-state index in [1.165, 1.54) is 24.5 Å². The van der Waals surface area contributed by atoms with Crippen molar-refractivity contribution in [2.45, 2.75) is 6.92 Å². The van der Waals surface area contributed by atoms with E-state index in [0.717, 1.165) is 9.35 Å². The Labute approximate surface area is 133 Å². The molecule has 3 rings (SSSR count). The number of amides is 2. The molecule has 0 unspecified atom stereocenters. The Morgan fingerprint density at radius 1 is 1.52 bits per heavy atom. The van der Waals surface area contributed by atoms with Gasteiger partial charge in [-0.2, -0.15) is 0 Å². The van der Waals surface area contributed by atoms with E-state index < -0.39 is 0 Å². The summed E-state index contributed by atoms with van der Waals surface area (Å²) < 4.78 is 0.937. The number of hydrogen-bond donors (Lipinski definition) is 2. The summed E-state index contributed by atoms with van der Waals surface area (Å²) in [4.78, 5) is 28.3. The molecule has 2 N–H and O–H groups in total. The van der Waals surface area contributed by atoms with Crippen LogP contribution in [-0.2, 0) is 9.59 Å². The molecule has 0 bridgehead atoms. The van der Waals surface area contributed by atoms with Crippen LogP contribution >= 0.6 is 27.3 Å². The minimum Gasteiger partial charge on any atom is -0.325 e. The number of anilines is 2. The summed E-state index contributed by atoms with van der Waals surface area (Å²) in [5, 5.41) is 7.32. The number of halogens is 1. The second-order valence-electron chi connectivity index (χ2n) is 4.45. The average Bonchev–Trinajstić information content (AvgIpc) is 2.95. The van der Waals surface area contributed by atoms with Gasteiger partial charge in [0.2, 0.25) is 5.91 Å². The zero-order valence-electron chi connectivity index (χ0n) is 10.9. The van der Waals surface area contributed by atoms with E-state index in [4.69, 9.17) is 0 Å². The van der Waals surface area contributed by atoms with Gasteiger partial charge in [0.1, 0.15) is 5.82 Å². The zero-order chi connectivity index (χ0) is 15.0. The lowest BCUT2D eigenvalue weighted by Gasteiger charge is -2.04. The predicted octanol–water partition coefficient (Wildman–Crippen LogP) is 3.36. The SMILES string of the molecule is CC(=O)Nc1cnc2c(c1)C(=Cc1sccc1Br)C(=O)N2. The van der Waals surface area contributed by atoms with Gasteiger partial charge in [0.05, 0.1) is 17.5 Å². The van der Waals surface area contributed by atoms with E-state index >= 15 is 0 Å². The molecule has 0 spiro atoms. The topological polar surface area (TPSA) is 71.1 Å². The summed E-state index contributed by atoms with van der Waals surface area (Å²) in [5.41, 5.74) is 1.79. The first kappa shape index (κ1) is 14.0. The zero-order valence-corrected chi connectivity index (χ0v) is 13.3. The minimum atomic E-state index is -0.197. The van der Waals surface area contributed by atoms with Crippen LogP contribution in [0.25, 0.3) is 11.6 Å². The second-order valence-corrected chi connectivity index (χ2v) is 6.25. The van der Waals surface area contributed by atoms with Crippen molar-refractivity contribution >= 4 is 62.2 Å². The van der Waals surface area contributed by atoms with Gasteiger partial charge in [-0.15, -0.1) is 11.3 Å². The second kappa shape index (κ2) is 5.42. The van der Waals surface area contributed by atoms with E-state index in [1.807, 2.05) is 17.5 Å². The number of aromatic nitrogens is 1. The molecule has 2 aromatic rings. The fourth-order valence-electron chi connectivity index (χ4n) is 2.02. The number of hydrogen-bond acceptors (Lipinski definition) is 4. The van der Waals surface area contributed by atoms with Crippen LogP contribution in [0.1, 0.15) is 17.4 Å². The molecule has 0 aliphatic carbocycles. The molecule has 0 saturated heterocycles. The third kappa shape index (κ3) is 2.74. The molecule has 1 aliphatic heterocycles. The number of nitrogens with zero attached hydrogens (tertiary/aromatic N) is 1. The number of fused-ring (bicyclic) bond motifs is 1. The van der Waals surface area contributed by atoms with Crippen LogP contribution in [0.2, 0.25) is 0 Å². The first-order chi connectivity index (χ1) is 10.0. The number of nitrogens with one attached hydrogen (secondary N) is 2. The largest absolute Gasteiger partial charge is 0.325 e. The van der Waals surface area contributed by atoms with Crippen molar-refractivity contribution in [2.75, 3.05) is 10.6 Å². The molecular formula is C14H10BrN3O2S. The van der Waals surface area contributed by atoms with Gasteiger partial charge in [-0.05, 0) is 39.5 Å². The number of carbonyl (C=O) groups excluding carboxylic acids is 2. The van der Waals surface area contributed by atoms with Gasteiger partial charge in [0, 0.05) is 21.8 Å². The highest BCUT2D eigenvalue weighted by Gasteiger charge is 2.26. The van der Waals surface area contributed by atoms with Crippen molar-refractivity contribution in [1.82, 2.24) is 4.98 Å². The van der Waals surface area contributed by atoms with Crippen molar-refractivity contribution in [2.24, 2.45) is 0 Å². The lowest BCUT2D eigenvalue weighted by molar-refractivity contribution is -0.114. The van der Waals surface area contributed by atoms with Gasteiger partial charge >= 0.3 is 0 Å². The van der Waals surface area contributed by atoms with Gasteiger partial charge in [-0.25, -0.2) is 4.98 Å². The molecule has 7 heteroatoms. The fourth-order valence-corrected chi connectivity index (χ4v) is 3.44. The summed E-state index contributed by atoms with van der Waals surface area (Å²) in [6.45, 7) is 1.43. The maximum absolute atomic E-state index is 12.1. The summed E-state index contributed by atoms with van der Waals surface area (Å²) in [7, 11) is 0. The number of thiophene rings is 1. The van der Waals surface area contributed by atoms with E-state index in [1.54, 1.807) is 6.07 Å². The Hall–Kier alpha value is -1.99. The smallest absolute Gasteiger partial charge is 0.257 e. The van der Waals surface area contributed by atoms with Crippen LogP contribution in [0.3, 0.4) is 0 Å². The van der Waals surface area contributed by atoms with Gasteiger partial charge in [-0.1, -0.05) is 0 Å². The van der Waals surface area contributed by atoms with Crippen LogP contribution < -0.4 is 10.6 Å². The first-order valence-electron chi connectivity index (χ1n) is 6.08. The van der Waals surface area contributed by atoms with Gasteiger partial charge in [0.15, 0.2) is 0 Å². The summed E-state index contributed by atoms with van der Waals surface area (Å²) in [6, 6.07) is 3.67. The van der Waals surface area contributed by atoms with Crippen molar-refractivity contribution in [3.8, 4) is 0 Å². The summed E-state index contributed by atoms with van der Waals surface area (Å²) in [5.74, 6) is 0.131. The molecule has 21 heavy (non-hydrogen) atoms. The third-order valence-electron chi connectivity index (χ3n) is 2.89. The maximum atomic E-state index is 12.1. The van der Waals surface area contributed by atoms with E-state index in [-0.39, 0.29) is 11.8 Å². The van der Waals surface area contributed by atoms with E-state index in [9.17, 15) is 9.59 Å². The minimum absolute atomic E-state index is 0.180. The number of pyridine rings is 1. The molecule has 0 saturated carbocycles. The highest BCUT2D eigenvalue weighted by Crippen LogP contribution is 2.35. The normalized spacial score (nSPS) is 15.0. The van der Waals surface area contributed by atoms with Crippen molar-refractivity contribution in [3.63, 3.8) is 0 Å². The van der Waals surface area contributed by atoms with Crippen molar-refractivity contribution < 1.29 is 9.59 Å². The highest BCUT2D eigenvalue weighted by molar-refractivity contribution is 9.10. The molecule has 0 atom stereocenters. The Bertz CT molecular complexity index is 782. The molecule has 3 heterocycles. The monoisotopic (exact) mass is 363 g/mol. The Morgan fingerprint density at radius 3 is 3.00 bits per heavy atom.